The number of anilines is 1. The Labute approximate surface area is 182 Å². The zero-order valence-corrected chi connectivity index (χ0v) is 17.9. The fraction of sp³-hybridized carbons (Fsp3) is 0.320. The van der Waals surface area contributed by atoms with Crippen LogP contribution in [0.4, 0.5) is 10.1 Å². The van der Waals surface area contributed by atoms with Crippen LogP contribution in [0.2, 0.25) is 0 Å². The SMILES string of the molecule is C[C@@H]1CN(Cc2ccc(F)cc2)[C@@H](C)CN1C(=O)COc1cc2ccccc2cc1N. The Kier molecular flexibility index (Phi) is 6.09. The average molecular weight is 422 g/mol. The van der Waals surface area contributed by atoms with E-state index < -0.39 is 0 Å². The van der Waals surface area contributed by atoms with Crippen LogP contribution >= 0.6 is 0 Å². The van der Waals surface area contributed by atoms with Crippen LogP contribution in [0.1, 0.15) is 19.4 Å². The number of amides is 1. The molecule has 162 valence electrons. The van der Waals surface area contributed by atoms with Crippen LogP contribution < -0.4 is 10.5 Å². The molecule has 0 unspecified atom stereocenters. The van der Waals surface area contributed by atoms with E-state index in [1.54, 1.807) is 0 Å². The summed E-state index contributed by atoms with van der Waals surface area (Å²) in [6.45, 7) is 6.22. The summed E-state index contributed by atoms with van der Waals surface area (Å²) in [5.41, 5.74) is 7.71. The number of piperazine rings is 1. The van der Waals surface area contributed by atoms with E-state index in [1.807, 2.05) is 60.4 Å². The van der Waals surface area contributed by atoms with Crippen LogP contribution in [0.5, 0.6) is 5.75 Å². The van der Waals surface area contributed by atoms with Gasteiger partial charge in [0.15, 0.2) is 6.61 Å². The molecule has 4 rings (SSSR count). The van der Waals surface area contributed by atoms with Gasteiger partial charge >= 0.3 is 0 Å². The molecule has 0 radical (unpaired) electrons. The van der Waals surface area contributed by atoms with Gasteiger partial charge in [-0.25, -0.2) is 4.39 Å². The Morgan fingerprint density at radius 1 is 1.03 bits per heavy atom. The molecule has 3 aromatic rings. The molecule has 0 aromatic heterocycles. The Hall–Kier alpha value is -3.12. The Balaban J connectivity index is 1.37. The summed E-state index contributed by atoms with van der Waals surface area (Å²) in [6.07, 6.45) is 0. The van der Waals surface area contributed by atoms with Gasteiger partial charge in [-0.2, -0.15) is 0 Å². The first-order valence-electron chi connectivity index (χ1n) is 10.6. The Bertz CT molecular complexity index is 1070. The van der Waals surface area contributed by atoms with Crippen molar-refractivity contribution in [1.29, 1.82) is 0 Å². The van der Waals surface area contributed by atoms with Crippen molar-refractivity contribution in [2.45, 2.75) is 32.5 Å². The zero-order valence-electron chi connectivity index (χ0n) is 17.9. The zero-order chi connectivity index (χ0) is 22.0. The number of hydrogen-bond acceptors (Lipinski definition) is 4. The first-order chi connectivity index (χ1) is 14.9. The molecule has 1 fully saturated rings. The normalized spacial score (nSPS) is 19.5. The molecule has 1 heterocycles. The van der Waals surface area contributed by atoms with Gasteiger partial charge in [0.1, 0.15) is 11.6 Å². The van der Waals surface area contributed by atoms with E-state index >= 15 is 0 Å². The standard InChI is InChI=1S/C25H28FN3O2/c1-17-14-29(18(2)13-28(17)15-19-7-9-22(26)10-8-19)25(30)16-31-24-12-21-6-4-3-5-20(21)11-23(24)27/h3-12,17-18H,13-16,27H2,1-2H3/t17-,18+/m0/s1. The fourth-order valence-corrected chi connectivity index (χ4v) is 4.17. The number of fused-ring (bicyclic) bond motifs is 1. The van der Waals surface area contributed by atoms with E-state index in [0.29, 0.717) is 18.0 Å². The number of carbonyl (C=O) groups excluding carboxylic acids is 1. The quantitative estimate of drug-likeness (QED) is 0.631. The summed E-state index contributed by atoms with van der Waals surface area (Å²) < 4.78 is 19.0. The van der Waals surface area contributed by atoms with Gasteiger partial charge in [-0.05, 0) is 54.4 Å². The van der Waals surface area contributed by atoms with Gasteiger partial charge < -0.3 is 15.4 Å². The molecule has 1 aliphatic rings. The van der Waals surface area contributed by atoms with Gasteiger partial charge in [-0.1, -0.05) is 36.4 Å². The Morgan fingerprint density at radius 2 is 1.71 bits per heavy atom. The fourth-order valence-electron chi connectivity index (χ4n) is 4.17. The Morgan fingerprint density at radius 3 is 2.42 bits per heavy atom. The number of benzene rings is 3. The molecular formula is C25H28FN3O2. The van der Waals surface area contributed by atoms with E-state index in [1.165, 1.54) is 12.1 Å². The van der Waals surface area contributed by atoms with E-state index in [0.717, 1.165) is 29.4 Å². The number of hydrogen-bond donors (Lipinski definition) is 1. The van der Waals surface area contributed by atoms with E-state index in [-0.39, 0.29) is 30.4 Å². The van der Waals surface area contributed by atoms with E-state index in [4.69, 9.17) is 10.5 Å². The van der Waals surface area contributed by atoms with Crippen LogP contribution in [-0.4, -0.2) is 47.5 Å². The lowest BCUT2D eigenvalue weighted by Gasteiger charge is -2.44. The minimum Gasteiger partial charge on any atom is -0.482 e. The number of halogens is 1. The highest BCUT2D eigenvalue weighted by Gasteiger charge is 2.32. The maximum atomic E-state index is 13.2. The maximum absolute atomic E-state index is 13.2. The van der Waals surface area contributed by atoms with Crippen molar-refractivity contribution in [3.05, 3.63) is 72.0 Å². The van der Waals surface area contributed by atoms with Crippen molar-refractivity contribution in [3.8, 4) is 5.75 Å². The van der Waals surface area contributed by atoms with Gasteiger partial charge in [0.25, 0.3) is 5.91 Å². The van der Waals surface area contributed by atoms with Crippen molar-refractivity contribution >= 4 is 22.4 Å². The molecule has 0 bridgehead atoms. The van der Waals surface area contributed by atoms with E-state index in [2.05, 4.69) is 11.8 Å². The van der Waals surface area contributed by atoms with E-state index in [9.17, 15) is 9.18 Å². The lowest BCUT2D eigenvalue weighted by molar-refractivity contribution is -0.139. The van der Waals surface area contributed by atoms with Crippen LogP contribution in [0.25, 0.3) is 10.8 Å². The molecule has 0 aliphatic carbocycles. The van der Waals surface area contributed by atoms with Crippen LogP contribution in [-0.2, 0) is 11.3 Å². The molecule has 2 N–H and O–H groups in total. The molecule has 5 nitrogen and oxygen atoms in total. The molecule has 31 heavy (non-hydrogen) atoms. The third-order valence-electron chi connectivity index (χ3n) is 5.96. The lowest BCUT2D eigenvalue weighted by atomic mass is 10.1. The second-order valence-electron chi connectivity index (χ2n) is 8.33. The highest BCUT2D eigenvalue weighted by molar-refractivity contribution is 5.88. The first kappa shape index (κ1) is 21.1. The summed E-state index contributed by atoms with van der Waals surface area (Å²) >= 11 is 0. The second kappa shape index (κ2) is 8.94. The van der Waals surface area contributed by atoms with Crippen molar-refractivity contribution in [2.24, 2.45) is 0 Å². The predicted molar refractivity (Wildman–Crippen MR) is 121 cm³/mol. The van der Waals surface area contributed by atoms with Crippen molar-refractivity contribution in [3.63, 3.8) is 0 Å². The molecule has 0 saturated carbocycles. The largest absolute Gasteiger partial charge is 0.482 e. The number of nitrogen functional groups attached to an aromatic ring is 1. The summed E-state index contributed by atoms with van der Waals surface area (Å²) in [5, 5.41) is 2.06. The minimum atomic E-state index is -0.229. The van der Waals surface area contributed by atoms with Crippen LogP contribution in [0.15, 0.2) is 60.7 Å². The van der Waals surface area contributed by atoms with Gasteiger partial charge in [0.2, 0.25) is 0 Å². The third kappa shape index (κ3) is 4.80. The number of ether oxygens (including phenoxy) is 1. The summed E-state index contributed by atoms with van der Waals surface area (Å²) in [7, 11) is 0. The molecule has 6 heteroatoms. The van der Waals surface area contributed by atoms with Crippen LogP contribution in [0, 0.1) is 5.82 Å². The molecule has 1 saturated heterocycles. The van der Waals surface area contributed by atoms with Gasteiger partial charge in [0.05, 0.1) is 5.69 Å². The van der Waals surface area contributed by atoms with Gasteiger partial charge in [-0.15, -0.1) is 0 Å². The molecule has 0 spiro atoms. The maximum Gasteiger partial charge on any atom is 0.260 e. The number of carbonyl (C=O) groups is 1. The van der Waals surface area contributed by atoms with Gasteiger partial charge in [-0.3, -0.25) is 9.69 Å². The number of nitrogens with two attached hydrogens (primary N) is 1. The third-order valence-corrected chi connectivity index (χ3v) is 5.96. The van der Waals surface area contributed by atoms with Crippen LogP contribution in [0.3, 0.4) is 0 Å². The highest BCUT2D eigenvalue weighted by Crippen LogP contribution is 2.28. The minimum absolute atomic E-state index is 0.0441. The second-order valence-corrected chi connectivity index (χ2v) is 8.33. The molecule has 1 aliphatic heterocycles. The molecule has 2 atom stereocenters. The topological polar surface area (TPSA) is 58.8 Å². The van der Waals surface area contributed by atoms with Crippen molar-refractivity contribution in [2.75, 3.05) is 25.4 Å². The average Bonchev–Trinajstić information content (AvgIpc) is 2.76. The van der Waals surface area contributed by atoms with Gasteiger partial charge in [0, 0.05) is 31.7 Å². The molecule has 1 amide bonds. The summed E-state index contributed by atoms with van der Waals surface area (Å²) in [6, 6.07) is 18.5. The monoisotopic (exact) mass is 421 g/mol. The highest BCUT2D eigenvalue weighted by atomic mass is 19.1. The predicted octanol–water partition coefficient (Wildman–Crippen LogP) is 4.06. The summed E-state index contributed by atoms with van der Waals surface area (Å²) in [5.74, 6) is 0.253. The van der Waals surface area contributed by atoms with Crippen molar-refractivity contribution < 1.29 is 13.9 Å². The summed E-state index contributed by atoms with van der Waals surface area (Å²) in [4.78, 5) is 17.1. The molecule has 3 aromatic carbocycles. The van der Waals surface area contributed by atoms with Crippen molar-refractivity contribution in [1.82, 2.24) is 9.80 Å². The molecular weight excluding hydrogens is 393 g/mol. The number of nitrogens with zero attached hydrogens (tertiary/aromatic N) is 2. The smallest absolute Gasteiger partial charge is 0.260 e. The first-order valence-corrected chi connectivity index (χ1v) is 10.6. The lowest BCUT2D eigenvalue weighted by Crippen LogP contribution is -2.58. The number of rotatable bonds is 5.